The van der Waals surface area contributed by atoms with Crippen LogP contribution in [-0.4, -0.2) is 26.6 Å². The molecule has 1 aliphatic heterocycles. The maximum atomic E-state index is 12.5. The number of carbonyl (C=O) groups excluding carboxylic acids is 1. The quantitative estimate of drug-likeness (QED) is 0.752. The van der Waals surface area contributed by atoms with Crippen molar-refractivity contribution in [1.82, 2.24) is 19.9 Å². The highest BCUT2D eigenvalue weighted by atomic mass is 16.5. The summed E-state index contributed by atoms with van der Waals surface area (Å²) in [7, 11) is 0. The molecule has 4 rings (SSSR count). The number of carbonyl (C=O) groups is 1. The average molecular weight is 338 g/mol. The lowest BCUT2D eigenvalue weighted by atomic mass is 10.1. The van der Waals surface area contributed by atoms with Gasteiger partial charge in [0.1, 0.15) is 5.75 Å². The van der Waals surface area contributed by atoms with Gasteiger partial charge in [0, 0.05) is 36.0 Å². The van der Waals surface area contributed by atoms with Crippen LogP contribution in [0, 0.1) is 13.8 Å². The molecule has 1 atom stereocenters. The van der Waals surface area contributed by atoms with Crippen LogP contribution in [0.25, 0.3) is 5.65 Å². The summed E-state index contributed by atoms with van der Waals surface area (Å²) in [4.78, 5) is 28.4. The molecule has 3 aromatic rings. The zero-order valence-electron chi connectivity index (χ0n) is 14.0. The first-order valence-electron chi connectivity index (χ1n) is 8.13. The van der Waals surface area contributed by atoms with E-state index in [0.29, 0.717) is 18.6 Å². The Morgan fingerprint density at radius 3 is 3.00 bits per heavy atom. The number of aryl methyl sites for hydroxylation is 2. The maximum absolute atomic E-state index is 12.5. The Hall–Kier alpha value is -3.09. The fraction of sp³-hybridized carbons (Fsp3) is 0.278. The molecule has 7 heteroatoms. The SMILES string of the molecule is Cc1nc2cc(=O)[nH]n2c(C)c1CNC(=O)[C@@H]1Cc2ccccc2O1. The van der Waals surface area contributed by atoms with Gasteiger partial charge in [-0.3, -0.25) is 14.7 Å². The molecule has 0 fully saturated rings. The molecule has 1 amide bonds. The van der Waals surface area contributed by atoms with Crippen molar-refractivity contribution < 1.29 is 9.53 Å². The van der Waals surface area contributed by atoms with Crippen LogP contribution in [0.2, 0.25) is 0 Å². The van der Waals surface area contributed by atoms with Gasteiger partial charge >= 0.3 is 0 Å². The van der Waals surface area contributed by atoms with Gasteiger partial charge in [-0.2, -0.15) is 0 Å². The highest BCUT2D eigenvalue weighted by Gasteiger charge is 2.28. The Kier molecular flexibility index (Phi) is 3.56. The van der Waals surface area contributed by atoms with Gasteiger partial charge in [-0.15, -0.1) is 0 Å². The third kappa shape index (κ3) is 2.67. The van der Waals surface area contributed by atoms with Crippen LogP contribution in [0.5, 0.6) is 5.75 Å². The molecule has 2 N–H and O–H groups in total. The van der Waals surface area contributed by atoms with E-state index in [1.165, 1.54) is 6.07 Å². The monoisotopic (exact) mass is 338 g/mol. The van der Waals surface area contributed by atoms with Crippen molar-refractivity contribution in [3.63, 3.8) is 0 Å². The number of nitrogens with one attached hydrogen (secondary N) is 2. The number of ether oxygens (including phenoxy) is 1. The molecule has 0 bridgehead atoms. The van der Waals surface area contributed by atoms with Crippen LogP contribution in [0.15, 0.2) is 35.1 Å². The molecule has 0 spiro atoms. The van der Waals surface area contributed by atoms with E-state index < -0.39 is 6.10 Å². The Morgan fingerprint density at radius 1 is 1.40 bits per heavy atom. The van der Waals surface area contributed by atoms with Gasteiger partial charge in [-0.1, -0.05) is 18.2 Å². The van der Waals surface area contributed by atoms with Gasteiger partial charge in [0.05, 0.1) is 0 Å². The third-order valence-corrected chi connectivity index (χ3v) is 4.58. The number of nitrogens with zero attached hydrogens (tertiary/aromatic N) is 2. The summed E-state index contributed by atoms with van der Waals surface area (Å²) in [5, 5.41) is 5.63. The van der Waals surface area contributed by atoms with E-state index in [0.717, 1.165) is 28.3 Å². The molecule has 3 heterocycles. The number of rotatable bonds is 3. The average Bonchev–Trinajstić information content (AvgIpc) is 3.17. The second-order valence-electron chi connectivity index (χ2n) is 6.21. The number of aromatic nitrogens is 3. The zero-order chi connectivity index (χ0) is 17.6. The first-order valence-corrected chi connectivity index (χ1v) is 8.13. The van der Waals surface area contributed by atoms with Gasteiger partial charge in [0.25, 0.3) is 11.5 Å². The van der Waals surface area contributed by atoms with Crippen molar-refractivity contribution in [3.8, 4) is 5.75 Å². The van der Waals surface area contributed by atoms with Gasteiger partial charge in [-0.25, -0.2) is 9.50 Å². The predicted octanol–water partition coefficient (Wildman–Crippen LogP) is 1.26. The van der Waals surface area contributed by atoms with Crippen molar-refractivity contribution in [2.24, 2.45) is 0 Å². The van der Waals surface area contributed by atoms with E-state index in [9.17, 15) is 9.59 Å². The number of H-pyrrole nitrogens is 1. The van der Waals surface area contributed by atoms with E-state index >= 15 is 0 Å². The van der Waals surface area contributed by atoms with Crippen molar-refractivity contribution >= 4 is 11.6 Å². The topological polar surface area (TPSA) is 88.5 Å². The van der Waals surface area contributed by atoms with Crippen molar-refractivity contribution in [1.29, 1.82) is 0 Å². The van der Waals surface area contributed by atoms with E-state index in [1.807, 2.05) is 38.1 Å². The fourth-order valence-electron chi connectivity index (χ4n) is 3.23. The summed E-state index contributed by atoms with van der Waals surface area (Å²) in [6.07, 6.45) is 0.0587. The van der Waals surface area contributed by atoms with Crippen LogP contribution in [0.1, 0.15) is 22.5 Å². The fourth-order valence-corrected chi connectivity index (χ4v) is 3.23. The van der Waals surface area contributed by atoms with Gasteiger partial charge in [0.15, 0.2) is 11.8 Å². The Bertz CT molecular complexity index is 1010. The molecule has 0 saturated carbocycles. The largest absolute Gasteiger partial charge is 0.480 e. The highest BCUT2D eigenvalue weighted by Crippen LogP contribution is 2.28. The number of aromatic amines is 1. The van der Waals surface area contributed by atoms with Gasteiger partial charge in [-0.05, 0) is 25.5 Å². The summed E-state index contributed by atoms with van der Waals surface area (Å²) in [5.74, 6) is 0.610. The van der Waals surface area contributed by atoms with Crippen molar-refractivity contribution in [3.05, 3.63) is 63.2 Å². The summed E-state index contributed by atoms with van der Waals surface area (Å²) in [6, 6.07) is 9.12. The second-order valence-corrected chi connectivity index (χ2v) is 6.21. The first kappa shape index (κ1) is 15.4. The maximum Gasteiger partial charge on any atom is 0.266 e. The smallest absolute Gasteiger partial charge is 0.266 e. The number of hydrogen-bond donors (Lipinski definition) is 2. The van der Waals surface area contributed by atoms with Crippen LogP contribution in [0.3, 0.4) is 0 Å². The minimum absolute atomic E-state index is 0.156. The molecule has 2 aromatic heterocycles. The third-order valence-electron chi connectivity index (χ3n) is 4.58. The molecule has 25 heavy (non-hydrogen) atoms. The first-order chi connectivity index (χ1) is 12.0. The lowest BCUT2D eigenvalue weighted by Gasteiger charge is -2.14. The van der Waals surface area contributed by atoms with E-state index in [4.69, 9.17) is 4.74 Å². The summed E-state index contributed by atoms with van der Waals surface area (Å²) >= 11 is 0. The summed E-state index contributed by atoms with van der Waals surface area (Å²) in [5.41, 5.74) is 3.93. The lowest BCUT2D eigenvalue weighted by Crippen LogP contribution is -2.37. The molecular weight excluding hydrogens is 320 g/mol. The molecule has 0 aliphatic carbocycles. The molecule has 1 aliphatic rings. The van der Waals surface area contributed by atoms with Crippen molar-refractivity contribution in [2.45, 2.75) is 32.9 Å². The van der Waals surface area contributed by atoms with Crippen molar-refractivity contribution in [2.75, 3.05) is 0 Å². The molecule has 0 saturated heterocycles. The zero-order valence-corrected chi connectivity index (χ0v) is 14.0. The van der Waals surface area contributed by atoms with Gasteiger partial charge in [0.2, 0.25) is 0 Å². The molecular formula is C18H18N4O3. The normalized spacial score (nSPS) is 15.8. The number of para-hydroxylation sites is 1. The highest BCUT2D eigenvalue weighted by molar-refractivity contribution is 5.82. The lowest BCUT2D eigenvalue weighted by molar-refractivity contribution is -0.127. The van der Waals surface area contributed by atoms with E-state index in [-0.39, 0.29) is 11.5 Å². The second kappa shape index (κ2) is 5.77. The van der Waals surface area contributed by atoms with Crippen LogP contribution in [0.4, 0.5) is 0 Å². The predicted molar refractivity (Wildman–Crippen MR) is 91.7 cm³/mol. The summed E-state index contributed by atoms with van der Waals surface area (Å²) < 4.78 is 7.35. The Balaban J connectivity index is 1.51. The summed E-state index contributed by atoms with van der Waals surface area (Å²) in [6.45, 7) is 4.09. The van der Waals surface area contributed by atoms with Crippen LogP contribution >= 0.6 is 0 Å². The van der Waals surface area contributed by atoms with E-state index in [1.54, 1.807) is 4.52 Å². The minimum atomic E-state index is -0.513. The van der Waals surface area contributed by atoms with Crippen LogP contribution in [-0.2, 0) is 17.8 Å². The molecule has 0 radical (unpaired) electrons. The Morgan fingerprint density at radius 2 is 2.20 bits per heavy atom. The minimum Gasteiger partial charge on any atom is -0.480 e. The number of fused-ring (bicyclic) bond motifs is 2. The Labute approximate surface area is 143 Å². The standard InChI is InChI=1S/C18H18N4O3/c1-10-13(11(2)22-16(20-10)8-17(23)21-22)9-19-18(24)15-7-12-5-3-4-6-14(12)25-15/h3-6,8,15H,7,9H2,1-2H3,(H,19,24)(H,21,23)/t15-/m0/s1. The van der Waals surface area contributed by atoms with E-state index in [2.05, 4.69) is 15.4 Å². The van der Waals surface area contributed by atoms with Crippen LogP contribution < -0.4 is 15.6 Å². The molecule has 1 aromatic carbocycles. The number of amides is 1. The van der Waals surface area contributed by atoms with Gasteiger partial charge < -0.3 is 10.1 Å². The number of hydrogen-bond acceptors (Lipinski definition) is 4. The molecule has 7 nitrogen and oxygen atoms in total. The molecule has 128 valence electrons. The molecule has 0 unspecified atom stereocenters. The number of benzene rings is 1.